The molecule has 94 valence electrons. The molecule has 3 aliphatic rings. The summed E-state index contributed by atoms with van der Waals surface area (Å²) in [6.07, 6.45) is 2.32. The lowest BCUT2D eigenvalue weighted by Crippen LogP contribution is -2.57. The Morgan fingerprint density at radius 2 is 2.11 bits per heavy atom. The molecule has 0 spiro atoms. The number of hydrogen-bond acceptors (Lipinski definition) is 4. The van der Waals surface area contributed by atoms with E-state index in [-0.39, 0.29) is 12.4 Å². The standard InChI is InChI=1S/C14H17N3O/c15-14-16-7-8-5-6-11-12(13(8)17-14)9-3-1-2-4-10(9)18-11/h1-4,8,11,14,16-17H,5-7,15H2. The Balaban J connectivity index is 1.86. The molecule has 4 nitrogen and oxygen atoms in total. The van der Waals surface area contributed by atoms with Crippen LogP contribution in [0.4, 0.5) is 0 Å². The molecule has 18 heavy (non-hydrogen) atoms. The second-order valence-electron chi connectivity index (χ2n) is 5.23. The van der Waals surface area contributed by atoms with Gasteiger partial charge in [-0.3, -0.25) is 11.1 Å². The van der Waals surface area contributed by atoms with Gasteiger partial charge in [0.1, 0.15) is 18.1 Å². The first-order valence-corrected chi connectivity index (χ1v) is 6.58. The maximum absolute atomic E-state index is 6.04. The average Bonchev–Trinajstić information content (AvgIpc) is 2.77. The minimum Gasteiger partial charge on any atom is -0.485 e. The van der Waals surface area contributed by atoms with Crippen LogP contribution < -0.4 is 21.1 Å². The van der Waals surface area contributed by atoms with Crippen LogP contribution in [-0.4, -0.2) is 18.9 Å². The molecule has 0 aromatic heterocycles. The first-order valence-electron chi connectivity index (χ1n) is 6.58. The van der Waals surface area contributed by atoms with Gasteiger partial charge in [0.2, 0.25) is 0 Å². The third kappa shape index (κ3) is 1.39. The Hall–Kier alpha value is -1.52. The number of fused-ring (bicyclic) bond motifs is 4. The minimum absolute atomic E-state index is 0.143. The van der Waals surface area contributed by atoms with Gasteiger partial charge < -0.3 is 10.1 Å². The summed E-state index contributed by atoms with van der Waals surface area (Å²) < 4.78 is 6.04. The van der Waals surface area contributed by atoms with Crippen LogP contribution in [0.15, 0.2) is 30.0 Å². The lowest BCUT2D eigenvalue weighted by molar-refractivity contribution is 0.225. The topological polar surface area (TPSA) is 59.3 Å². The maximum Gasteiger partial charge on any atom is 0.129 e. The largest absolute Gasteiger partial charge is 0.485 e. The molecule has 4 heteroatoms. The molecule has 0 amide bonds. The Kier molecular flexibility index (Phi) is 2.16. The van der Waals surface area contributed by atoms with Crippen molar-refractivity contribution in [3.05, 3.63) is 35.5 Å². The van der Waals surface area contributed by atoms with Gasteiger partial charge in [-0.05, 0) is 18.9 Å². The number of rotatable bonds is 0. The molecular weight excluding hydrogens is 226 g/mol. The molecule has 2 heterocycles. The van der Waals surface area contributed by atoms with E-state index < -0.39 is 0 Å². The van der Waals surface area contributed by atoms with Crippen molar-refractivity contribution < 1.29 is 4.74 Å². The number of hydrogen-bond donors (Lipinski definition) is 3. The highest BCUT2D eigenvalue weighted by Gasteiger charge is 2.39. The van der Waals surface area contributed by atoms with Crippen molar-refractivity contribution >= 4 is 5.57 Å². The predicted molar refractivity (Wildman–Crippen MR) is 69.6 cm³/mol. The molecule has 3 atom stereocenters. The zero-order valence-electron chi connectivity index (χ0n) is 10.1. The highest BCUT2D eigenvalue weighted by atomic mass is 16.5. The van der Waals surface area contributed by atoms with E-state index in [4.69, 9.17) is 10.5 Å². The third-order valence-electron chi connectivity index (χ3n) is 4.14. The molecule has 0 saturated carbocycles. The van der Waals surface area contributed by atoms with Gasteiger partial charge in [-0.25, -0.2) is 0 Å². The zero-order chi connectivity index (χ0) is 12.1. The lowest BCUT2D eigenvalue weighted by atomic mass is 9.82. The van der Waals surface area contributed by atoms with E-state index in [9.17, 15) is 0 Å². The third-order valence-corrected chi connectivity index (χ3v) is 4.14. The summed E-state index contributed by atoms with van der Waals surface area (Å²) >= 11 is 0. The SMILES string of the molecule is NC1NCC2CCC3Oc4ccccc4C3=C2N1. The fourth-order valence-corrected chi connectivity index (χ4v) is 3.30. The molecule has 1 aromatic carbocycles. The average molecular weight is 243 g/mol. The molecule has 4 N–H and O–H groups in total. The number of nitrogens with one attached hydrogen (secondary N) is 2. The molecular formula is C14H17N3O. The van der Waals surface area contributed by atoms with Gasteiger partial charge in [-0.1, -0.05) is 18.2 Å². The van der Waals surface area contributed by atoms with Crippen molar-refractivity contribution in [1.29, 1.82) is 0 Å². The minimum atomic E-state index is -0.143. The van der Waals surface area contributed by atoms with E-state index in [2.05, 4.69) is 28.8 Å². The molecule has 3 unspecified atom stereocenters. The molecule has 4 rings (SSSR count). The lowest BCUT2D eigenvalue weighted by Gasteiger charge is -2.37. The van der Waals surface area contributed by atoms with E-state index in [0.717, 1.165) is 25.1 Å². The summed E-state index contributed by atoms with van der Waals surface area (Å²) in [7, 11) is 0. The monoisotopic (exact) mass is 243 g/mol. The fraction of sp³-hybridized carbons (Fsp3) is 0.429. The van der Waals surface area contributed by atoms with Gasteiger partial charge >= 0.3 is 0 Å². The van der Waals surface area contributed by atoms with Crippen molar-refractivity contribution in [3.8, 4) is 5.75 Å². The number of para-hydroxylation sites is 1. The quantitative estimate of drug-likeness (QED) is 0.636. The van der Waals surface area contributed by atoms with Gasteiger partial charge in [-0.2, -0.15) is 0 Å². The van der Waals surface area contributed by atoms with Crippen LogP contribution in [0.2, 0.25) is 0 Å². The van der Waals surface area contributed by atoms with E-state index in [0.29, 0.717) is 5.92 Å². The molecule has 1 fully saturated rings. The molecule has 0 radical (unpaired) electrons. The summed E-state index contributed by atoms with van der Waals surface area (Å²) in [5.41, 5.74) is 9.81. The zero-order valence-corrected chi connectivity index (χ0v) is 10.1. The Morgan fingerprint density at radius 1 is 1.22 bits per heavy atom. The van der Waals surface area contributed by atoms with Crippen LogP contribution in [-0.2, 0) is 0 Å². The summed E-state index contributed by atoms with van der Waals surface area (Å²) in [5, 5.41) is 6.67. The second kappa shape index (κ2) is 3.73. The smallest absolute Gasteiger partial charge is 0.129 e. The van der Waals surface area contributed by atoms with Crippen LogP contribution in [0.3, 0.4) is 0 Å². The Morgan fingerprint density at radius 3 is 3.06 bits per heavy atom. The van der Waals surface area contributed by atoms with Crippen LogP contribution in [0.25, 0.3) is 5.57 Å². The van der Waals surface area contributed by atoms with Crippen LogP contribution in [0, 0.1) is 5.92 Å². The molecule has 1 aromatic rings. The van der Waals surface area contributed by atoms with E-state index in [1.54, 1.807) is 0 Å². The molecule has 1 aliphatic carbocycles. The van der Waals surface area contributed by atoms with Gasteiger partial charge in [0.15, 0.2) is 0 Å². The summed E-state index contributed by atoms with van der Waals surface area (Å²) in [6, 6.07) is 8.30. The van der Waals surface area contributed by atoms with Gasteiger partial charge in [0.05, 0.1) is 0 Å². The number of ether oxygens (including phenoxy) is 1. The van der Waals surface area contributed by atoms with Crippen LogP contribution in [0.1, 0.15) is 18.4 Å². The van der Waals surface area contributed by atoms with E-state index in [1.165, 1.54) is 16.8 Å². The van der Waals surface area contributed by atoms with Gasteiger partial charge in [0, 0.05) is 29.3 Å². The van der Waals surface area contributed by atoms with Gasteiger partial charge in [-0.15, -0.1) is 0 Å². The van der Waals surface area contributed by atoms with Crippen molar-refractivity contribution in [1.82, 2.24) is 10.6 Å². The Bertz CT molecular complexity index is 526. The van der Waals surface area contributed by atoms with Crippen LogP contribution >= 0.6 is 0 Å². The summed E-state index contributed by atoms with van der Waals surface area (Å²) in [6.45, 7) is 0.960. The molecule has 0 bridgehead atoms. The number of benzene rings is 1. The fourth-order valence-electron chi connectivity index (χ4n) is 3.30. The first kappa shape index (κ1) is 10.4. The summed E-state index contributed by atoms with van der Waals surface area (Å²) in [4.78, 5) is 0. The first-order chi connectivity index (χ1) is 8.83. The second-order valence-corrected chi connectivity index (χ2v) is 5.23. The van der Waals surface area contributed by atoms with Crippen molar-refractivity contribution in [2.75, 3.05) is 6.54 Å². The maximum atomic E-state index is 6.04. The van der Waals surface area contributed by atoms with Crippen LogP contribution in [0.5, 0.6) is 5.75 Å². The molecule has 2 aliphatic heterocycles. The van der Waals surface area contributed by atoms with Gasteiger partial charge in [0.25, 0.3) is 0 Å². The Labute approximate surface area is 106 Å². The number of nitrogens with two attached hydrogens (primary N) is 1. The predicted octanol–water partition coefficient (Wildman–Crippen LogP) is 1.00. The summed E-state index contributed by atoms with van der Waals surface area (Å²) in [5.74, 6) is 1.56. The van der Waals surface area contributed by atoms with Crippen molar-refractivity contribution in [3.63, 3.8) is 0 Å². The van der Waals surface area contributed by atoms with Crippen molar-refractivity contribution in [2.45, 2.75) is 25.2 Å². The van der Waals surface area contributed by atoms with E-state index in [1.807, 2.05) is 6.07 Å². The highest BCUT2D eigenvalue weighted by Crippen LogP contribution is 2.45. The normalized spacial score (nSPS) is 33.1. The van der Waals surface area contributed by atoms with Crippen molar-refractivity contribution in [2.24, 2.45) is 11.7 Å². The highest BCUT2D eigenvalue weighted by molar-refractivity contribution is 5.80. The molecule has 1 saturated heterocycles. The van der Waals surface area contributed by atoms with E-state index >= 15 is 0 Å².